The second-order valence-corrected chi connectivity index (χ2v) is 6.10. The van der Waals surface area contributed by atoms with Crippen LogP contribution in [-0.2, 0) is 14.0 Å². The molecule has 1 N–H and O–H groups in total. The first kappa shape index (κ1) is 15.4. The summed E-state index contributed by atoms with van der Waals surface area (Å²) in [6.07, 6.45) is 0. The van der Waals surface area contributed by atoms with Gasteiger partial charge < -0.3 is 19.4 Å². The van der Waals surface area contributed by atoms with E-state index in [0.717, 1.165) is 17.7 Å². The molecule has 0 aliphatic carbocycles. The number of rotatable bonds is 5. The van der Waals surface area contributed by atoms with E-state index >= 15 is 0 Å². The fourth-order valence-corrected chi connectivity index (χ4v) is 2.12. The summed E-state index contributed by atoms with van der Waals surface area (Å²) in [4.78, 5) is 0. The molecule has 4 nitrogen and oxygen atoms in total. The summed E-state index contributed by atoms with van der Waals surface area (Å²) in [5.74, 6) is 0. The Morgan fingerprint density at radius 2 is 1.70 bits per heavy atom. The Morgan fingerprint density at radius 1 is 1.10 bits per heavy atom. The maximum Gasteiger partial charge on any atom is 0.496 e. The molecule has 1 aliphatic rings. The lowest BCUT2D eigenvalue weighted by Crippen LogP contribution is -2.41. The molecule has 110 valence electrons. The highest BCUT2D eigenvalue weighted by Gasteiger charge is 2.52. The first-order valence-electron chi connectivity index (χ1n) is 7.05. The van der Waals surface area contributed by atoms with Crippen molar-refractivity contribution >= 4 is 18.3 Å². The first-order chi connectivity index (χ1) is 9.37. The lowest BCUT2D eigenvalue weighted by molar-refractivity contribution is 0.00578. The third-order valence-electron chi connectivity index (χ3n) is 4.09. The van der Waals surface area contributed by atoms with Crippen LogP contribution in [0.3, 0.4) is 0 Å². The molecule has 0 saturated carbocycles. The molecule has 5 heteroatoms. The summed E-state index contributed by atoms with van der Waals surface area (Å²) in [5, 5.41) is 3.36. The summed E-state index contributed by atoms with van der Waals surface area (Å²) < 4.78 is 17.3. The summed E-state index contributed by atoms with van der Waals surface area (Å²) >= 11 is 0. The van der Waals surface area contributed by atoms with E-state index in [1.807, 2.05) is 24.3 Å². The highest BCUT2D eigenvalue weighted by atomic mass is 16.7. The summed E-state index contributed by atoms with van der Waals surface area (Å²) in [6.45, 7) is 9.68. The third-order valence-corrected chi connectivity index (χ3v) is 4.09. The van der Waals surface area contributed by atoms with Gasteiger partial charge in [-0.05, 0) is 33.8 Å². The first-order valence-corrected chi connectivity index (χ1v) is 7.05. The van der Waals surface area contributed by atoms with Crippen LogP contribution < -0.4 is 10.8 Å². The number of anilines is 1. The van der Waals surface area contributed by atoms with Crippen molar-refractivity contribution in [3.63, 3.8) is 0 Å². The van der Waals surface area contributed by atoms with Crippen LogP contribution in [0.1, 0.15) is 27.7 Å². The molecule has 1 aliphatic heterocycles. The SMILES string of the molecule is COCCNc1ccccc1B1OC(C)(C)C(C)(C)O1. The summed E-state index contributed by atoms with van der Waals surface area (Å²) in [5.41, 5.74) is 1.42. The number of ether oxygens (including phenoxy) is 1. The number of hydrogen-bond donors (Lipinski definition) is 1. The van der Waals surface area contributed by atoms with E-state index in [9.17, 15) is 0 Å². The van der Waals surface area contributed by atoms with Crippen LogP contribution in [0.2, 0.25) is 0 Å². The Kier molecular flexibility index (Phi) is 4.42. The van der Waals surface area contributed by atoms with Crippen molar-refractivity contribution < 1.29 is 14.0 Å². The van der Waals surface area contributed by atoms with Crippen LogP contribution in [0, 0.1) is 0 Å². The van der Waals surface area contributed by atoms with Crippen molar-refractivity contribution in [3.05, 3.63) is 24.3 Å². The Morgan fingerprint density at radius 3 is 2.30 bits per heavy atom. The van der Waals surface area contributed by atoms with E-state index in [4.69, 9.17) is 14.0 Å². The van der Waals surface area contributed by atoms with Gasteiger partial charge >= 0.3 is 7.12 Å². The van der Waals surface area contributed by atoms with Gasteiger partial charge in [0.15, 0.2) is 0 Å². The zero-order chi connectivity index (χ0) is 14.8. The number of benzene rings is 1. The van der Waals surface area contributed by atoms with E-state index < -0.39 is 0 Å². The molecule has 0 spiro atoms. The minimum Gasteiger partial charge on any atom is -0.399 e. The van der Waals surface area contributed by atoms with Gasteiger partial charge in [0.25, 0.3) is 0 Å². The number of nitrogens with one attached hydrogen (secondary N) is 1. The minimum absolute atomic E-state index is 0.322. The van der Waals surface area contributed by atoms with Gasteiger partial charge in [0, 0.05) is 24.8 Å². The molecule has 0 radical (unpaired) electrons. The molecule has 1 aromatic carbocycles. The van der Waals surface area contributed by atoms with E-state index in [-0.39, 0.29) is 18.3 Å². The van der Waals surface area contributed by atoms with Crippen molar-refractivity contribution in [3.8, 4) is 0 Å². The monoisotopic (exact) mass is 277 g/mol. The fourth-order valence-electron chi connectivity index (χ4n) is 2.12. The molecule has 2 rings (SSSR count). The summed E-state index contributed by atoms with van der Waals surface area (Å²) in [6, 6.07) is 8.08. The molecule has 20 heavy (non-hydrogen) atoms. The second kappa shape index (κ2) is 5.76. The lowest BCUT2D eigenvalue weighted by Gasteiger charge is -2.32. The van der Waals surface area contributed by atoms with Gasteiger partial charge in [0.1, 0.15) is 0 Å². The smallest absolute Gasteiger partial charge is 0.399 e. The average molecular weight is 277 g/mol. The third kappa shape index (κ3) is 3.00. The molecule has 0 amide bonds. The maximum atomic E-state index is 6.10. The van der Waals surface area contributed by atoms with Crippen LogP contribution in [-0.4, -0.2) is 38.6 Å². The highest BCUT2D eigenvalue weighted by Crippen LogP contribution is 2.36. The van der Waals surface area contributed by atoms with E-state index in [2.05, 4.69) is 33.0 Å². The van der Waals surface area contributed by atoms with Crippen molar-refractivity contribution in [1.82, 2.24) is 0 Å². The number of methoxy groups -OCH3 is 1. The zero-order valence-corrected chi connectivity index (χ0v) is 13.0. The normalized spacial score (nSPS) is 20.1. The van der Waals surface area contributed by atoms with Crippen LogP contribution >= 0.6 is 0 Å². The van der Waals surface area contributed by atoms with Gasteiger partial charge in [0.2, 0.25) is 0 Å². The van der Waals surface area contributed by atoms with Crippen LogP contribution in [0.5, 0.6) is 0 Å². The van der Waals surface area contributed by atoms with Crippen molar-refractivity contribution in [2.24, 2.45) is 0 Å². The van der Waals surface area contributed by atoms with E-state index in [1.165, 1.54) is 0 Å². The van der Waals surface area contributed by atoms with E-state index in [0.29, 0.717) is 6.61 Å². The van der Waals surface area contributed by atoms with Gasteiger partial charge in [-0.2, -0.15) is 0 Å². The van der Waals surface area contributed by atoms with Crippen molar-refractivity contribution in [2.75, 3.05) is 25.6 Å². The topological polar surface area (TPSA) is 39.7 Å². The molecular formula is C15H24BNO3. The van der Waals surface area contributed by atoms with E-state index in [1.54, 1.807) is 7.11 Å². The van der Waals surface area contributed by atoms with Crippen LogP contribution in [0.4, 0.5) is 5.69 Å². The molecule has 1 fully saturated rings. The molecule has 1 aromatic rings. The molecule has 0 atom stereocenters. The van der Waals surface area contributed by atoms with Gasteiger partial charge in [-0.3, -0.25) is 0 Å². The zero-order valence-electron chi connectivity index (χ0n) is 13.0. The predicted octanol–water partition coefficient (Wildman–Crippen LogP) is 2.04. The van der Waals surface area contributed by atoms with Gasteiger partial charge in [0.05, 0.1) is 17.8 Å². The predicted molar refractivity (Wildman–Crippen MR) is 82.5 cm³/mol. The lowest BCUT2D eigenvalue weighted by atomic mass is 9.78. The van der Waals surface area contributed by atoms with Crippen molar-refractivity contribution in [1.29, 1.82) is 0 Å². The van der Waals surface area contributed by atoms with Crippen LogP contribution in [0.25, 0.3) is 0 Å². The second-order valence-electron chi connectivity index (χ2n) is 6.10. The number of hydrogen-bond acceptors (Lipinski definition) is 4. The Bertz CT molecular complexity index is 446. The minimum atomic E-state index is -0.341. The number of para-hydroxylation sites is 1. The highest BCUT2D eigenvalue weighted by molar-refractivity contribution is 6.63. The molecule has 1 saturated heterocycles. The fraction of sp³-hybridized carbons (Fsp3) is 0.600. The molecule has 0 unspecified atom stereocenters. The Balaban J connectivity index is 2.17. The maximum absolute atomic E-state index is 6.10. The molecule has 0 aromatic heterocycles. The van der Waals surface area contributed by atoms with Gasteiger partial charge in [-0.25, -0.2) is 0 Å². The van der Waals surface area contributed by atoms with Gasteiger partial charge in [-0.1, -0.05) is 18.2 Å². The van der Waals surface area contributed by atoms with Crippen LogP contribution in [0.15, 0.2) is 24.3 Å². The quantitative estimate of drug-likeness (QED) is 0.660. The van der Waals surface area contributed by atoms with Gasteiger partial charge in [-0.15, -0.1) is 0 Å². The van der Waals surface area contributed by atoms with Crippen molar-refractivity contribution in [2.45, 2.75) is 38.9 Å². The largest absolute Gasteiger partial charge is 0.496 e. The standard InChI is InChI=1S/C15H24BNO3/c1-14(2)15(3,4)20-16(19-14)12-8-6-7-9-13(12)17-10-11-18-5/h6-9,17H,10-11H2,1-5H3. The molecule has 1 heterocycles. The molecule has 0 bridgehead atoms. The Hall–Kier alpha value is -1.04. The Labute approximate surface area is 121 Å². The summed E-state index contributed by atoms with van der Waals surface area (Å²) in [7, 11) is 1.35. The average Bonchev–Trinajstić information content (AvgIpc) is 2.59. The molecular weight excluding hydrogens is 253 g/mol.